The van der Waals surface area contributed by atoms with Gasteiger partial charge < -0.3 is 5.32 Å². The van der Waals surface area contributed by atoms with Crippen molar-refractivity contribution in [1.82, 2.24) is 34.3 Å². The van der Waals surface area contributed by atoms with Crippen molar-refractivity contribution in [1.29, 1.82) is 0 Å². The Kier molecular flexibility index (Phi) is 2.40. The molecule has 0 aliphatic carbocycles. The van der Waals surface area contributed by atoms with E-state index in [-0.39, 0.29) is 0 Å². The van der Waals surface area contributed by atoms with E-state index in [0.717, 1.165) is 17.3 Å². The maximum atomic E-state index is 4.27. The highest BCUT2D eigenvalue weighted by Gasteiger charge is 2.06. The molecule has 0 amide bonds. The molecule has 0 radical (unpaired) electrons. The summed E-state index contributed by atoms with van der Waals surface area (Å²) in [6.45, 7) is 2.44. The van der Waals surface area contributed by atoms with Crippen molar-refractivity contribution >= 4 is 11.6 Å². The van der Waals surface area contributed by atoms with Gasteiger partial charge in [-0.05, 0) is 6.92 Å². The second kappa shape index (κ2) is 4.06. The van der Waals surface area contributed by atoms with Crippen LogP contribution in [0.15, 0.2) is 18.7 Å². The number of hydrogen-bond acceptors (Lipinski definition) is 6. The Morgan fingerprint density at radius 2 is 2.22 bits per heavy atom. The number of aryl methyl sites for hydroxylation is 2. The van der Waals surface area contributed by atoms with Crippen LogP contribution in [0, 0.1) is 6.92 Å². The number of nitrogens with zero attached hydrogens (tertiary/aromatic N) is 7. The Morgan fingerprint density at radius 3 is 3.00 bits per heavy atom. The van der Waals surface area contributed by atoms with Crippen LogP contribution in [0.5, 0.6) is 0 Å². The lowest BCUT2D eigenvalue weighted by Gasteiger charge is -2.06. The van der Waals surface area contributed by atoms with Crippen LogP contribution >= 0.6 is 0 Å². The number of hydrogen-bond donors (Lipinski definition) is 1. The molecule has 0 fully saturated rings. The molecule has 0 saturated heterocycles. The van der Waals surface area contributed by atoms with Crippen LogP contribution in [-0.4, -0.2) is 34.3 Å². The standard InChI is InChI=1S/C10H12N8/c1-7-3-9(18-10(15-7)12-5-14-18)11-4-8-13-6-17(2)16-8/h3,5-6,11H,4H2,1-2H3. The molecule has 1 N–H and O–H groups in total. The van der Waals surface area contributed by atoms with Gasteiger partial charge >= 0.3 is 0 Å². The molecule has 3 aromatic heterocycles. The summed E-state index contributed by atoms with van der Waals surface area (Å²) in [6.07, 6.45) is 3.14. The largest absolute Gasteiger partial charge is 0.362 e. The molecule has 0 bridgehead atoms. The predicted molar refractivity (Wildman–Crippen MR) is 63.8 cm³/mol. The van der Waals surface area contributed by atoms with Gasteiger partial charge in [-0.15, -0.1) is 0 Å². The predicted octanol–water partition coefficient (Wildman–Crippen LogP) is 0.173. The van der Waals surface area contributed by atoms with Crippen molar-refractivity contribution in [2.75, 3.05) is 5.32 Å². The molecule has 0 aromatic carbocycles. The third kappa shape index (κ3) is 1.88. The first-order valence-corrected chi connectivity index (χ1v) is 5.48. The summed E-state index contributed by atoms with van der Waals surface area (Å²) in [5, 5.41) is 11.5. The fraction of sp³-hybridized carbons (Fsp3) is 0.300. The molecule has 18 heavy (non-hydrogen) atoms. The second-order valence-electron chi connectivity index (χ2n) is 3.94. The van der Waals surface area contributed by atoms with Crippen LogP contribution in [-0.2, 0) is 13.6 Å². The Balaban J connectivity index is 1.87. The van der Waals surface area contributed by atoms with E-state index in [2.05, 4.69) is 30.5 Å². The monoisotopic (exact) mass is 244 g/mol. The van der Waals surface area contributed by atoms with Crippen LogP contribution in [0.25, 0.3) is 5.78 Å². The molecular weight excluding hydrogens is 232 g/mol. The van der Waals surface area contributed by atoms with Crippen molar-refractivity contribution in [3.8, 4) is 0 Å². The second-order valence-corrected chi connectivity index (χ2v) is 3.94. The zero-order valence-corrected chi connectivity index (χ0v) is 10.1. The Hall–Kier alpha value is -2.51. The number of anilines is 1. The van der Waals surface area contributed by atoms with E-state index in [9.17, 15) is 0 Å². The molecule has 3 aromatic rings. The summed E-state index contributed by atoms with van der Waals surface area (Å²) >= 11 is 0. The average Bonchev–Trinajstić information content (AvgIpc) is 2.94. The van der Waals surface area contributed by atoms with Crippen LogP contribution in [0.3, 0.4) is 0 Å². The van der Waals surface area contributed by atoms with Gasteiger partial charge in [0.15, 0.2) is 5.82 Å². The van der Waals surface area contributed by atoms with Crippen molar-refractivity contribution in [3.63, 3.8) is 0 Å². The normalized spacial score (nSPS) is 11.0. The zero-order chi connectivity index (χ0) is 12.5. The van der Waals surface area contributed by atoms with Gasteiger partial charge in [-0.2, -0.15) is 19.7 Å². The molecule has 0 atom stereocenters. The maximum Gasteiger partial charge on any atom is 0.254 e. The maximum absolute atomic E-state index is 4.27. The van der Waals surface area contributed by atoms with Gasteiger partial charge in [0.2, 0.25) is 0 Å². The highest BCUT2D eigenvalue weighted by Crippen LogP contribution is 2.10. The highest BCUT2D eigenvalue weighted by atomic mass is 15.4. The third-order valence-electron chi connectivity index (χ3n) is 2.45. The number of fused-ring (bicyclic) bond motifs is 1. The molecule has 0 saturated carbocycles. The van der Waals surface area contributed by atoms with E-state index in [4.69, 9.17) is 0 Å². The van der Waals surface area contributed by atoms with Gasteiger partial charge in [0.05, 0.1) is 6.54 Å². The summed E-state index contributed by atoms with van der Waals surface area (Å²) in [6, 6.07) is 1.91. The number of nitrogens with one attached hydrogen (secondary N) is 1. The van der Waals surface area contributed by atoms with Crippen LogP contribution < -0.4 is 5.32 Å². The van der Waals surface area contributed by atoms with Crippen LogP contribution in [0.2, 0.25) is 0 Å². The molecule has 0 unspecified atom stereocenters. The van der Waals surface area contributed by atoms with E-state index in [1.54, 1.807) is 15.5 Å². The zero-order valence-electron chi connectivity index (χ0n) is 10.1. The average molecular weight is 244 g/mol. The molecule has 0 spiro atoms. The minimum atomic E-state index is 0.527. The molecule has 0 aliphatic rings. The molecular formula is C10H12N8. The SMILES string of the molecule is Cc1cc(NCc2ncn(C)n2)n2ncnc2n1. The minimum absolute atomic E-state index is 0.527. The number of aromatic nitrogens is 7. The van der Waals surface area contributed by atoms with Gasteiger partial charge in [-0.3, -0.25) is 4.68 Å². The van der Waals surface area contributed by atoms with Crippen molar-refractivity contribution in [2.24, 2.45) is 7.05 Å². The fourth-order valence-electron chi connectivity index (χ4n) is 1.69. The Labute approximate surface area is 103 Å². The fourth-order valence-corrected chi connectivity index (χ4v) is 1.69. The number of rotatable bonds is 3. The van der Waals surface area contributed by atoms with Crippen molar-refractivity contribution in [3.05, 3.63) is 30.2 Å². The first kappa shape index (κ1) is 10.6. The first-order valence-electron chi connectivity index (χ1n) is 5.48. The van der Waals surface area contributed by atoms with E-state index < -0.39 is 0 Å². The topological polar surface area (TPSA) is 85.8 Å². The summed E-state index contributed by atoms with van der Waals surface area (Å²) in [5.74, 6) is 2.12. The molecule has 92 valence electrons. The molecule has 8 heteroatoms. The molecule has 8 nitrogen and oxygen atoms in total. The van der Waals surface area contributed by atoms with E-state index in [1.165, 1.54) is 6.33 Å². The molecule has 3 heterocycles. The van der Waals surface area contributed by atoms with Crippen LogP contribution in [0.1, 0.15) is 11.5 Å². The van der Waals surface area contributed by atoms with E-state index in [0.29, 0.717) is 12.3 Å². The highest BCUT2D eigenvalue weighted by molar-refractivity contribution is 5.44. The minimum Gasteiger partial charge on any atom is -0.362 e. The summed E-state index contributed by atoms with van der Waals surface area (Å²) < 4.78 is 3.32. The molecule has 3 rings (SSSR count). The van der Waals surface area contributed by atoms with Gasteiger partial charge in [-0.25, -0.2) is 9.97 Å². The van der Waals surface area contributed by atoms with Gasteiger partial charge in [-0.1, -0.05) is 0 Å². The van der Waals surface area contributed by atoms with E-state index in [1.807, 2.05) is 20.0 Å². The summed E-state index contributed by atoms with van der Waals surface area (Å²) in [7, 11) is 1.84. The first-order chi connectivity index (χ1) is 8.72. The van der Waals surface area contributed by atoms with Gasteiger partial charge in [0, 0.05) is 18.8 Å². The lowest BCUT2D eigenvalue weighted by atomic mass is 10.4. The van der Waals surface area contributed by atoms with Crippen molar-refractivity contribution < 1.29 is 0 Å². The molecule has 0 aliphatic heterocycles. The summed E-state index contributed by atoms with van der Waals surface area (Å²) in [5.41, 5.74) is 0.881. The van der Waals surface area contributed by atoms with Gasteiger partial charge in [0.25, 0.3) is 5.78 Å². The smallest absolute Gasteiger partial charge is 0.254 e. The van der Waals surface area contributed by atoms with Gasteiger partial charge in [0.1, 0.15) is 18.5 Å². The quantitative estimate of drug-likeness (QED) is 0.707. The van der Waals surface area contributed by atoms with Crippen molar-refractivity contribution in [2.45, 2.75) is 13.5 Å². The Bertz CT molecular complexity index is 682. The summed E-state index contributed by atoms with van der Waals surface area (Å²) in [4.78, 5) is 12.5. The lowest BCUT2D eigenvalue weighted by molar-refractivity contribution is 0.746. The Morgan fingerprint density at radius 1 is 1.33 bits per heavy atom. The van der Waals surface area contributed by atoms with E-state index >= 15 is 0 Å². The lowest BCUT2D eigenvalue weighted by Crippen LogP contribution is -2.08. The third-order valence-corrected chi connectivity index (χ3v) is 2.45. The van der Waals surface area contributed by atoms with Crippen LogP contribution in [0.4, 0.5) is 5.82 Å².